The summed E-state index contributed by atoms with van der Waals surface area (Å²) in [6.07, 6.45) is 0.427. The van der Waals surface area contributed by atoms with Crippen molar-refractivity contribution in [3.63, 3.8) is 0 Å². The maximum Gasteiger partial charge on any atom is 0.311 e. The van der Waals surface area contributed by atoms with Crippen molar-refractivity contribution < 1.29 is 14.6 Å². The van der Waals surface area contributed by atoms with Crippen molar-refractivity contribution >= 4 is 16.7 Å². The minimum absolute atomic E-state index is 0.427. The molecule has 1 unspecified atom stereocenters. The molecule has 1 N–H and O–H groups in total. The van der Waals surface area contributed by atoms with E-state index in [-0.39, 0.29) is 0 Å². The molecule has 0 aliphatic carbocycles. The third kappa shape index (κ3) is 3.11. The van der Waals surface area contributed by atoms with Crippen LogP contribution in [-0.4, -0.2) is 18.2 Å². The minimum atomic E-state index is -0.841. The third-order valence-electron chi connectivity index (χ3n) is 4.36. The second kappa shape index (κ2) is 6.75. The number of fused-ring (bicyclic) bond motifs is 1. The molecule has 0 fully saturated rings. The van der Waals surface area contributed by atoms with Crippen molar-refractivity contribution in [2.75, 3.05) is 7.11 Å². The summed E-state index contributed by atoms with van der Waals surface area (Å²) in [4.78, 5) is 12.0. The predicted molar refractivity (Wildman–Crippen MR) is 95.8 cm³/mol. The van der Waals surface area contributed by atoms with Gasteiger partial charge in [0.1, 0.15) is 5.75 Å². The second-order valence-electron chi connectivity index (χ2n) is 5.98. The summed E-state index contributed by atoms with van der Waals surface area (Å²) in [5.74, 6) is -0.870. The lowest BCUT2D eigenvalue weighted by atomic mass is 9.88. The van der Waals surface area contributed by atoms with E-state index in [2.05, 4.69) is 0 Å². The molecule has 3 aromatic carbocycles. The van der Waals surface area contributed by atoms with Gasteiger partial charge >= 0.3 is 5.97 Å². The first-order valence-corrected chi connectivity index (χ1v) is 7.94. The van der Waals surface area contributed by atoms with Crippen molar-refractivity contribution in [3.8, 4) is 5.75 Å². The fourth-order valence-electron chi connectivity index (χ4n) is 3.15. The fraction of sp³-hybridized carbons (Fsp3) is 0.190. The molecule has 0 aliphatic rings. The van der Waals surface area contributed by atoms with Crippen molar-refractivity contribution in [1.29, 1.82) is 0 Å². The lowest BCUT2D eigenvalue weighted by molar-refractivity contribution is -0.138. The SMILES string of the molecule is COc1ccc(C)cc1C(Cc1cccc2ccccc12)C(=O)O. The van der Waals surface area contributed by atoms with E-state index in [0.29, 0.717) is 12.2 Å². The second-order valence-corrected chi connectivity index (χ2v) is 5.98. The highest BCUT2D eigenvalue weighted by Gasteiger charge is 2.24. The van der Waals surface area contributed by atoms with E-state index in [1.54, 1.807) is 7.11 Å². The Kier molecular flexibility index (Phi) is 4.52. The van der Waals surface area contributed by atoms with Crippen LogP contribution in [0.3, 0.4) is 0 Å². The highest BCUT2D eigenvalue weighted by molar-refractivity contribution is 5.87. The van der Waals surface area contributed by atoms with Crippen LogP contribution < -0.4 is 4.74 Å². The molecule has 3 nitrogen and oxygen atoms in total. The molecule has 0 spiro atoms. The van der Waals surface area contributed by atoms with E-state index in [1.807, 2.05) is 67.6 Å². The molecular formula is C21H20O3. The molecule has 0 radical (unpaired) electrons. The van der Waals surface area contributed by atoms with Gasteiger partial charge < -0.3 is 9.84 Å². The van der Waals surface area contributed by atoms with Crippen LogP contribution in [0, 0.1) is 6.92 Å². The van der Waals surface area contributed by atoms with Gasteiger partial charge in [-0.15, -0.1) is 0 Å². The highest BCUT2D eigenvalue weighted by Crippen LogP contribution is 2.32. The number of carboxylic acids is 1. The first-order chi connectivity index (χ1) is 11.6. The lowest BCUT2D eigenvalue weighted by Crippen LogP contribution is -2.16. The average Bonchev–Trinajstić information content (AvgIpc) is 2.59. The topological polar surface area (TPSA) is 46.5 Å². The van der Waals surface area contributed by atoms with Crippen LogP contribution in [0.25, 0.3) is 10.8 Å². The fourth-order valence-corrected chi connectivity index (χ4v) is 3.15. The molecule has 0 heterocycles. The molecule has 3 heteroatoms. The van der Waals surface area contributed by atoms with Crippen LogP contribution in [0.4, 0.5) is 0 Å². The van der Waals surface area contributed by atoms with Crippen molar-refractivity contribution in [1.82, 2.24) is 0 Å². The number of rotatable bonds is 5. The van der Waals surface area contributed by atoms with E-state index >= 15 is 0 Å². The zero-order chi connectivity index (χ0) is 17.1. The largest absolute Gasteiger partial charge is 0.496 e. The number of ether oxygens (including phenoxy) is 1. The first kappa shape index (κ1) is 16.1. The van der Waals surface area contributed by atoms with Gasteiger partial charge in [0.2, 0.25) is 0 Å². The molecule has 3 aromatic rings. The molecule has 122 valence electrons. The van der Waals surface area contributed by atoms with Gasteiger partial charge in [-0.2, -0.15) is 0 Å². The normalized spacial score (nSPS) is 12.1. The summed E-state index contributed by atoms with van der Waals surface area (Å²) in [5.41, 5.74) is 2.77. The van der Waals surface area contributed by atoms with E-state index in [9.17, 15) is 9.90 Å². The van der Waals surface area contributed by atoms with Crippen LogP contribution in [0.15, 0.2) is 60.7 Å². The number of methoxy groups -OCH3 is 1. The van der Waals surface area contributed by atoms with Gasteiger partial charge in [0.25, 0.3) is 0 Å². The van der Waals surface area contributed by atoms with E-state index in [1.165, 1.54) is 0 Å². The monoisotopic (exact) mass is 320 g/mol. The Morgan fingerprint density at radius 1 is 1.08 bits per heavy atom. The molecule has 0 amide bonds. The molecule has 1 atom stereocenters. The first-order valence-electron chi connectivity index (χ1n) is 7.94. The Labute approximate surface area is 141 Å². The molecule has 0 aromatic heterocycles. The Bertz CT molecular complexity index is 878. The van der Waals surface area contributed by atoms with E-state index in [0.717, 1.165) is 27.5 Å². The van der Waals surface area contributed by atoms with Crippen molar-refractivity contribution in [2.24, 2.45) is 0 Å². The zero-order valence-electron chi connectivity index (χ0n) is 13.8. The highest BCUT2D eigenvalue weighted by atomic mass is 16.5. The molecule has 3 rings (SSSR count). The Hall–Kier alpha value is -2.81. The van der Waals surface area contributed by atoms with Crippen LogP contribution in [0.2, 0.25) is 0 Å². The minimum Gasteiger partial charge on any atom is -0.496 e. The summed E-state index contributed by atoms with van der Waals surface area (Å²) in [6.45, 7) is 1.96. The predicted octanol–water partition coefficient (Wildman–Crippen LogP) is 4.57. The van der Waals surface area contributed by atoms with Crippen LogP contribution in [-0.2, 0) is 11.2 Å². The van der Waals surface area contributed by atoms with Gasteiger partial charge in [-0.3, -0.25) is 4.79 Å². The summed E-state index contributed by atoms with van der Waals surface area (Å²) < 4.78 is 5.39. The quantitative estimate of drug-likeness (QED) is 0.749. The van der Waals surface area contributed by atoms with Gasteiger partial charge in [0, 0.05) is 5.56 Å². The maximum absolute atomic E-state index is 12.0. The number of carbonyl (C=O) groups is 1. The third-order valence-corrected chi connectivity index (χ3v) is 4.36. The van der Waals surface area contributed by atoms with Gasteiger partial charge in [-0.1, -0.05) is 60.2 Å². The van der Waals surface area contributed by atoms with Crippen LogP contribution >= 0.6 is 0 Å². The number of aryl methyl sites for hydroxylation is 1. The zero-order valence-corrected chi connectivity index (χ0v) is 13.8. The molecule has 0 bridgehead atoms. The molecule has 0 saturated carbocycles. The van der Waals surface area contributed by atoms with E-state index < -0.39 is 11.9 Å². The Morgan fingerprint density at radius 2 is 1.83 bits per heavy atom. The van der Waals surface area contributed by atoms with Crippen LogP contribution in [0.5, 0.6) is 5.75 Å². The van der Waals surface area contributed by atoms with Gasteiger partial charge in [-0.05, 0) is 35.7 Å². The summed E-state index contributed by atoms with van der Waals surface area (Å²) in [5, 5.41) is 12.0. The van der Waals surface area contributed by atoms with Gasteiger partial charge in [0.05, 0.1) is 13.0 Å². The lowest BCUT2D eigenvalue weighted by Gasteiger charge is -2.18. The number of aliphatic carboxylic acids is 1. The number of benzene rings is 3. The number of hydrogen-bond acceptors (Lipinski definition) is 2. The van der Waals surface area contributed by atoms with Crippen molar-refractivity contribution in [2.45, 2.75) is 19.3 Å². The molecular weight excluding hydrogens is 300 g/mol. The van der Waals surface area contributed by atoms with Gasteiger partial charge in [-0.25, -0.2) is 0 Å². The standard InChI is InChI=1S/C21H20O3/c1-14-10-11-20(24-2)18(12-14)19(21(22)23)13-16-8-5-7-15-6-3-4-9-17(15)16/h3-12,19H,13H2,1-2H3,(H,22,23). The van der Waals surface area contributed by atoms with Gasteiger partial charge in [0.15, 0.2) is 0 Å². The van der Waals surface area contributed by atoms with Crippen molar-refractivity contribution in [3.05, 3.63) is 77.4 Å². The average molecular weight is 320 g/mol. The summed E-state index contributed by atoms with van der Waals surface area (Å²) in [6, 6.07) is 19.7. The molecule has 0 aliphatic heterocycles. The summed E-state index contributed by atoms with van der Waals surface area (Å²) in [7, 11) is 1.57. The van der Waals surface area contributed by atoms with E-state index in [4.69, 9.17) is 4.74 Å². The van der Waals surface area contributed by atoms with Crippen LogP contribution in [0.1, 0.15) is 22.6 Å². The Balaban J connectivity index is 2.07. The Morgan fingerprint density at radius 3 is 2.58 bits per heavy atom. The molecule has 0 saturated heterocycles. The molecule has 24 heavy (non-hydrogen) atoms. The number of hydrogen-bond donors (Lipinski definition) is 1. The smallest absolute Gasteiger partial charge is 0.311 e. The maximum atomic E-state index is 12.0. The summed E-state index contributed by atoms with van der Waals surface area (Å²) >= 11 is 0. The number of carboxylic acid groups (broad SMARTS) is 1.